The number of aldehydes is 1. The molecule has 1 aromatic carbocycles. The number of benzene rings is 1. The molecule has 0 fully saturated rings. The first-order chi connectivity index (χ1) is 9.22. The van der Waals surface area contributed by atoms with Crippen LogP contribution in [0.1, 0.15) is 5.56 Å². The van der Waals surface area contributed by atoms with Crippen molar-refractivity contribution < 1.29 is 14.3 Å². The maximum atomic E-state index is 11.0. The predicted octanol–water partition coefficient (Wildman–Crippen LogP) is 3.00. The molecule has 0 heterocycles. The minimum Gasteiger partial charge on any atom is -0.531 e. The number of hydrogen-bond donors (Lipinski definition) is 0. The standard InChI is InChI=1S/C16H15O3/c1-12-3-8-16(14(9-12)10-17)19-11-13-4-6-15(18-2)7-5-13/h3-10H,1,11H2,2H3/q-1. The highest BCUT2D eigenvalue weighted by Crippen LogP contribution is 2.22. The van der Waals surface area contributed by atoms with Crippen LogP contribution >= 0.6 is 0 Å². The van der Waals surface area contributed by atoms with Gasteiger partial charge in [0, 0.05) is 5.76 Å². The fourth-order valence-electron chi connectivity index (χ4n) is 1.70. The third-order valence-corrected chi connectivity index (χ3v) is 2.75. The normalized spacial score (nSPS) is 14.1. The molecule has 98 valence electrons. The lowest BCUT2D eigenvalue weighted by molar-refractivity contribution is -0.105. The fraction of sp³-hybridized carbons (Fsp3) is 0.125. The number of ether oxygens (including phenoxy) is 2. The summed E-state index contributed by atoms with van der Waals surface area (Å²) in [4.78, 5) is 11.0. The molecule has 0 bridgehead atoms. The third-order valence-electron chi connectivity index (χ3n) is 2.75. The van der Waals surface area contributed by atoms with Crippen molar-refractivity contribution in [3.05, 3.63) is 71.9 Å². The summed E-state index contributed by atoms with van der Waals surface area (Å²) in [5.74, 6) is 1.37. The van der Waals surface area contributed by atoms with E-state index in [4.69, 9.17) is 9.47 Å². The lowest BCUT2D eigenvalue weighted by Gasteiger charge is -2.21. The Morgan fingerprint density at radius 3 is 2.68 bits per heavy atom. The molecule has 0 saturated heterocycles. The summed E-state index contributed by atoms with van der Waals surface area (Å²) in [5, 5.41) is 0. The van der Waals surface area contributed by atoms with Crippen LogP contribution in [0.15, 0.2) is 59.9 Å². The summed E-state index contributed by atoms with van der Waals surface area (Å²) in [6.07, 6.45) is 6.06. The van der Waals surface area contributed by atoms with E-state index in [-0.39, 0.29) is 0 Å². The molecule has 0 radical (unpaired) electrons. The highest BCUT2D eigenvalue weighted by molar-refractivity contribution is 5.81. The van der Waals surface area contributed by atoms with Crippen molar-refractivity contribution in [3.63, 3.8) is 0 Å². The van der Waals surface area contributed by atoms with Crippen LogP contribution in [0.3, 0.4) is 0 Å². The van der Waals surface area contributed by atoms with Crippen LogP contribution in [0, 0.1) is 6.42 Å². The first kappa shape index (κ1) is 13.0. The van der Waals surface area contributed by atoms with E-state index in [1.165, 1.54) is 0 Å². The van der Waals surface area contributed by atoms with E-state index in [2.05, 4.69) is 6.58 Å². The van der Waals surface area contributed by atoms with E-state index in [9.17, 15) is 4.79 Å². The molecule has 1 aliphatic rings. The van der Waals surface area contributed by atoms with Crippen LogP contribution in [0.25, 0.3) is 0 Å². The minimum absolute atomic E-state index is 0.404. The Hall–Kier alpha value is -2.42. The second-order valence-electron chi connectivity index (χ2n) is 4.13. The van der Waals surface area contributed by atoms with Gasteiger partial charge in [-0.25, -0.2) is 0 Å². The van der Waals surface area contributed by atoms with Crippen molar-refractivity contribution >= 4 is 6.29 Å². The highest BCUT2D eigenvalue weighted by atomic mass is 16.5. The molecule has 3 heteroatoms. The van der Waals surface area contributed by atoms with E-state index in [1.807, 2.05) is 30.7 Å². The Morgan fingerprint density at radius 1 is 1.32 bits per heavy atom. The molecule has 2 rings (SSSR count). The summed E-state index contributed by atoms with van der Waals surface area (Å²) in [7, 11) is 1.63. The van der Waals surface area contributed by atoms with Crippen LogP contribution in [-0.4, -0.2) is 13.4 Å². The van der Waals surface area contributed by atoms with Gasteiger partial charge in [-0.3, -0.25) is 4.79 Å². The van der Waals surface area contributed by atoms with Gasteiger partial charge in [-0.1, -0.05) is 12.1 Å². The number of hydrogen-bond acceptors (Lipinski definition) is 3. The molecule has 0 saturated carbocycles. The van der Waals surface area contributed by atoms with E-state index >= 15 is 0 Å². The molecule has 0 amide bonds. The zero-order valence-electron chi connectivity index (χ0n) is 10.8. The van der Waals surface area contributed by atoms with Crippen molar-refractivity contribution in [3.8, 4) is 5.75 Å². The molecule has 0 aliphatic heterocycles. The van der Waals surface area contributed by atoms with Gasteiger partial charge in [0.05, 0.1) is 7.11 Å². The van der Waals surface area contributed by atoms with Crippen LogP contribution in [-0.2, 0) is 16.1 Å². The van der Waals surface area contributed by atoms with Crippen molar-refractivity contribution in [2.75, 3.05) is 7.11 Å². The molecule has 19 heavy (non-hydrogen) atoms. The maximum Gasteiger partial charge on any atom is 0.135 e. The zero-order valence-corrected chi connectivity index (χ0v) is 10.8. The monoisotopic (exact) mass is 255 g/mol. The second-order valence-corrected chi connectivity index (χ2v) is 4.13. The minimum atomic E-state index is 0.404. The van der Waals surface area contributed by atoms with Gasteiger partial charge in [0.1, 0.15) is 18.6 Å². The molecule has 0 N–H and O–H groups in total. The number of rotatable bonds is 5. The molecule has 1 aliphatic carbocycles. The molecule has 0 atom stereocenters. The first-order valence-electron chi connectivity index (χ1n) is 5.90. The van der Waals surface area contributed by atoms with Gasteiger partial charge in [0.25, 0.3) is 0 Å². The van der Waals surface area contributed by atoms with Gasteiger partial charge in [-0.2, -0.15) is 12.2 Å². The number of carbonyl (C=O) groups excluding carboxylic acids is 1. The fourth-order valence-corrected chi connectivity index (χ4v) is 1.70. The zero-order chi connectivity index (χ0) is 13.7. The van der Waals surface area contributed by atoms with Gasteiger partial charge in [-0.15, -0.1) is 18.6 Å². The number of allylic oxidation sites excluding steroid dienone is 4. The topological polar surface area (TPSA) is 35.5 Å². The van der Waals surface area contributed by atoms with Gasteiger partial charge >= 0.3 is 0 Å². The molecule has 1 aromatic rings. The summed E-state index contributed by atoms with van der Waals surface area (Å²) in [6.45, 7) is 4.18. The lowest BCUT2D eigenvalue weighted by Crippen LogP contribution is -2.03. The summed E-state index contributed by atoms with van der Waals surface area (Å²) in [6, 6.07) is 7.60. The van der Waals surface area contributed by atoms with Crippen molar-refractivity contribution in [1.29, 1.82) is 0 Å². The Labute approximate surface area is 112 Å². The van der Waals surface area contributed by atoms with Crippen LogP contribution in [0.4, 0.5) is 0 Å². The first-order valence-corrected chi connectivity index (χ1v) is 5.90. The number of methoxy groups -OCH3 is 1. The Morgan fingerprint density at radius 2 is 2.05 bits per heavy atom. The van der Waals surface area contributed by atoms with Gasteiger partial charge in [-0.05, 0) is 23.3 Å². The van der Waals surface area contributed by atoms with Crippen molar-refractivity contribution in [2.24, 2.45) is 0 Å². The van der Waals surface area contributed by atoms with Crippen molar-refractivity contribution in [2.45, 2.75) is 6.61 Å². The quantitative estimate of drug-likeness (QED) is 0.599. The highest BCUT2D eigenvalue weighted by Gasteiger charge is 2.04. The van der Waals surface area contributed by atoms with Crippen LogP contribution < -0.4 is 4.74 Å². The second kappa shape index (κ2) is 5.96. The van der Waals surface area contributed by atoms with E-state index in [1.54, 1.807) is 19.3 Å². The van der Waals surface area contributed by atoms with Gasteiger partial charge < -0.3 is 9.47 Å². The SMILES string of the molecule is C=C1C=C(C=O)C(OCc2ccc(OC)cc2)=C[CH-]1. The molecular weight excluding hydrogens is 240 g/mol. The molecular formula is C16H15O3-. The Bertz CT molecular complexity index is 536. The van der Waals surface area contributed by atoms with Crippen molar-refractivity contribution in [1.82, 2.24) is 0 Å². The summed E-state index contributed by atoms with van der Waals surface area (Å²) >= 11 is 0. The molecule has 0 spiro atoms. The van der Waals surface area contributed by atoms with Gasteiger partial charge in [0.2, 0.25) is 0 Å². The molecule has 0 unspecified atom stereocenters. The molecule has 0 aromatic heterocycles. The predicted molar refractivity (Wildman–Crippen MR) is 73.5 cm³/mol. The number of carbonyl (C=O) groups is 1. The lowest BCUT2D eigenvalue weighted by atomic mass is 10.0. The van der Waals surface area contributed by atoms with E-state index < -0.39 is 0 Å². The average molecular weight is 255 g/mol. The van der Waals surface area contributed by atoms with E-state index in [0.717, 1.165) is 23.2 Å². The smallest absolute Gasteiger partial charge is 0.135 e. The van der Waals surface area contributed by atoms with Gasteiger partial charge in [0.15, 0.2) is 0 Å². The Kier molecular flexibility index (Phi) is 4.08. The van der Waals surface area contributed by atoms with Crippen LogP contribution in [0.2, 0.25) is 0 Å². The maximum absolute atomic E-state index is 11.0. The summed E-state index contributed by atoms with van der Waals surface area (Å²) < 4.78 is 10.7. The third kappa shape index (κ3) is 3.28. The molecule has 3 nitrogen and oxygen atoms in total. The van der Waals surface area contributed by atoms with Crippen LogP contribution in [0.5, 0.6) is 5.75 Å². The largest absolute Gasteiger partial charge is 0.531 e. The van der Waals surface area contributed by atoms with E-state index in [0.29, 0.717) is 17.9 Å². The average Bonchev–Trinajstić information content (AvgIpc) is 2.46. The Balaban J connectivity index is 2.00. The summed E-state index contributed by atoms with van der Waals surface area (Å²) in [5.41, 5.74) is 2.32.